The average Bonchev–Trinajstić information content (AvgIpc) is 1.63. The highest BCUT2D eigenvalue weighted by molar-refractivity contribution is 6.14. The Bertz CT molecular complexity index is 5620. The first-order valence-corrected chi connectivity index (χ1v) is 28.4. The van der Waals surface area contributed by atoms with Crippen molar-refractivity contribution in [2.45, 2.75) is 12.4 Å². The second-order valence-corrected chi connectivity index (χ2v) is 21.8. The molecule has 0 aliphatic heterocycles. The summed E-state index contributed by atoms with van der Waals surface area (Å²) in [5, 5.41) is 93.6. The van der Waals surface area contributed by atoms with Crippen molar-refractivity contribution < 1.29 is 26.3 Å². The zero-order valence-electron chi connectivity index (χ0n) is 48.2. The molecular formula is C77H33F6N11. The minimum Gasteiger partial charge on any atom is -0.309 e. The molecule has 2 heterocycles. The van der Waals surface area contributed by atoms with E-state index in [0.29, 0.717) is 106 Å². The van der Waals surface area contributed by atoms with Crippen molar-refractivity contribution in [2.75, 3.05) is 0 Å². The number of hydrogen-bond donors (Lipinski definition) is 0. The lowest BCUT2D eigenvalue weighted by Gasteiger charge is -2.22. The van der Waals surface area contributed by atoms with Gasteiger partial charge in [0, 0.05) is 38.2 Å². The van der Waals surface area contributed by atoms with Gasteiger partial charge in [0.25, 0.3) is 0 Å². The summed E-state index contributed by atoms with van der Waals surface area (Å²) in [4.78, 5) is 0. The molecule has 11 aromatic carbocycles. The fourth-order valence-corrected chi connectivity index (χ4v) is 12.5. The number of aromatic nitrogens is 2. The first-order valence-electron chi connectivity index (χ1n) is 28.4. The summed E-state index contributed by atoms with van der Waals surface area (Å²) in [6, 6.07) is 69.4. The molecular weight excluding hydrogens is 1190 g/mol. The van der Waals surface area contributed by atoms with Crippen LogP contribution in [0.1, 0.15) is 61.2 Å². The van der Waals surface area contributed by atoms with Crippen LogP contribution in [-0.2, 0) is 12.4 Å². The van der Waals surface area contributed by atoms with Crippen molar-refractivity contribution in [1.29, 1.82) is 47.4 Å². The molecule has 0 aliphatic carbocycles. The van der Waals surface area contributed by atoms with Crippen LogP contribution in [0.3, 0.4) is 0 Å². The maximum Gasteiger partial charge on any atom is 0.417 e. The van der Waals surface area contributed by atoms with E-state index in [0.717, 1.165) is 0 Å². The van der Waals surface area contributed by atoms with E-state index >= 15 is 26.3 Å². The third-order valence-corrected chi connectivity index (χ3v) is 16.7. The van der Waals surface area contributed by atoms with E-state index in [1.165, 1.54) is 54.6 Å². The molecule has 0 bridgehead atoms. The number of alkyl halides is 6. The van der Waals surface area contributed by atoms with E-state index in [-0.39, 0.29) is 72.6 Å². The summed E-state index contributed by atoms with van der Waals surface area (Å²) in [6.45, 7) is 0. The predicted octanol–water partition coefficient (Wildman–Crippen LogP) is 18.8. The van der Waals surface area contributed by atoms with Gasteiger partial charge in [-0.15, -0.1) is 0 Å². The Hall–Kier alpha value is -14.0. The molecule has 0 amide bonds. The summed E-state index contributed by atoms with van der Waals surface area (Å²) in [6.07, 6.45) is -10.6. The molecule has 11 nitrogen and oxygen atoms in total. The first-order chi connectivity index (χ1) is 45.4. The van der Waals surface area contributed by atoms with E-state index in [9.17, 15) is 47.4 Å². The summed E-state index contributed by atoms with van der Waals surface area (Å²) in [5.41, 5.74) is 3.55. The highest BCUT2D eigenvalue weighted by Crippen LogP contribution is 2.49. The molecule has 0 N–H and O–H groups in total. The number of hydrogen-bond acceptors (Lipinski definition) is 9. The molecule has 0 spiro atoms. The normalized spacial score (nSPS) is 11.2. The summed E-state index contributed by atoms with van der Waals surface area (Å²) < 4.78 is 96.0. The van der Waals surface area contributed by atoms with Gasteiger partial charge in [-0.2, -0.15) is 73.7 Å². The van der Waals surface area contributed by atoms with Crippen molar-refractivity contribution in [3.8, 4) is 133 Å². The highest BCUT2D eigenvalue weighted by atomic mass is 19.4. The van der Waals surface area contributed by atoms with Crippen LogP contribution in [0.2, 0.25) is 0 Å². The molecule has 0 fully saturated rings. The lowest BCUT2D eigenvalue weighted by atomic mass is 9.89. The minimum absolute atomic E-state index is 0.0371. The highest BCUT2D eigenvalue weighted by Gasteiger charge is 2.41. The van der Waals surface area contributed by atoms with Crippen LogP contribution < -0.4 is 0 Å². The van der Waals surface area contributed by atoms with Gasteiger partial charge in [-0.3, -0.25) is 0 Å². The van der Waals surface area contributed by atoms with Crippen LogP contribution in [-0.4, -0.2) is 9.13 Å². The Morgan fingerprint density at radius 3 is 0.830 bits per heavy atom. The van der Waals surface area contributed by atoms with E-state index in [1.807, 2.05) is 28.8 Å². The summed E-state index contributed by atoms with van der Waals surface area (Å²) >= 11 is 0. The van der Waals surface area contributed by atoms with Crippen LogP contribution >= 0.6 is 0 Å². The Morgan fingerprint density at radius 1 is 0.255 bits per heavy atom. The standard InChI is InChI=1S/C77H33F6N11/c78-76(79,80)67-2-1-3-68(77(81,82)83)75(67)52-13-23-74(94-72-21-11-50(59-16-6-45(36-86)26-55(59)41-91)31-64(72)65-32-51(12-22-73(65)94)60-17-7-46(37-87)27-56(60)42-92)66(33-52)61-28-47(38-88)8-18-69(61)93-70-19-9-48(57-14-4-43(34-84)24-53(57)39-89)29-62(70)63-30-49(10-20-71(63)93)58-15-5-44(35-85)25-54(58)40-90/h1-33H. The number of fused-ring (bicyclic) bond motifs is 6. The predicted molar refractivity (Wildman–Crippen MR) is 340 cm³/mol. The number of halogens is 6. The number of nitriles is 9. The SMILES string of the molecule is N#Cc1ccc(-c2ccc3c(c2)c2cc(-c4ccc(C#N)cc4C#N)ccc2n3-c2ccc(C#N)cc2-c2cc(-c3c(C(F)(F)F)cccc3C(F)(F)F)ccc2-n2c3ccc(-c4ccc(C#N)cc4C#N)cc3c3cc(-c4ccc(C#N)cc4C#N)ccc32)c(C#N)c1. The van der Waals surface area contributed by atoms with Gasteiger partial charge >= 0.3 is 12.4 Å². The molecule has 94 heavy (non-hydrogen) atoms. The van der Waals surface area contributed by atoms with Crippen molar-refractivity contribution in [1.82, 2.24) is 9.13 Å². The molecule has 0 unspecified atom stereocenters. The number of rotatable bonds is 8. The van der Waals surface area contributed by atoms with E-state index < -0.39 is 34.6 Å². The van der Waals surface area contributed by atoms with Gasteiger partial charge in [-0.1, -0.05) is 60.7 Å². The van der Waals surface area contributed by atoms with Gasteiger partial charge < -0.3 is 9.13 Å². The molecule has 0 saturated heterocycles. The minimum atomic E-state index is -5.30. The first kappa shape index (κ1) is 59.0. The monoisotopic (exact) mass is 1230 g/mol. The number of nitrogens with zero attached hydrogens (tertiary/aromatic N) is 11. The van der Waals surface area contributed by atoms with Gasteiger partial charge in [0.1, 0.15) is 0 Å². The lowest BCUT2D eigenvalue weighted by molar-refractivity contribution is -0.142. The van der Waals surface area contributed by atoms with Gasteiger partial charge in [0.15, 0.2) is 0 Å². The van der Waals surface area contributed by atoms with Gasteiger partial charge in [0.05, 0.1) is 149 Å². The van der Waals surface area contributed by atoms with Crippen molar-refractivity contribution in [3.05, 3.63) is 261 Å². The summed E-state index contributed by atoms with van der Waals surface area (Å²) in [7, 11) is 0. The zero-order valence-corrected chi connectivity index (χ0v) is 48.2. The third kappa shape index (κ3) is 9.92. The van der Waals surface area contributed by atoms with Crippen LogP contribution in [0.25, 0.3) is 122 Å². The third-order valence-electron chi connectivity index (χ3n) is 16.7. The van der Waals surface area contributed by atoms with Crippen molar-refractivity contribution in [2.24, 2.45) is 0 Å². The fraction of sp³-hybridized carbons (Fsp3) is 0.0260. The molecule has 17 heteroatoms. The van der Waals surface area contributed by atoms with Crippen molar-refractivity contribution >= 4 is 43.6 Å². The van der Waals surface area contributed by atoms with Crippen molar-refractivity contribution in [3.63, 3.8) is 0 Å². The van der Waals surface area contributed by atoms with Gasteiger partial charge in [0.2, 0.25) is 0 Å². The van der Waals surface area contributed by atoms with Crippen LogP contribution in [0, 0.1) is 102 Å². The Labute approximate surface area is 530 Å². The second-order valence-electron chi connectivity index (χ2n) is 21.8. The van der Waals surface area contributed by atoms with E-state index in [2.05, 4.69) is 54.6 Å². The molecule has 0 saturated carbocycles. The molecule has 0 aliphatic rings. The Balaban J connectivity index is 1.16. The lowest BCUT2D eigenvalue weighted by Crippen LogP contribution is -2.14. The molecule has 2 aromatic heterocycles. The van der Waals surface area contributed by atoms with Crippen LogP contribution in [0.15, 0.2) is 200 Å². The second kappa shape index (κ2) is 22.9. The number of benzene rings is 11. The molecule has 438 valence electrons. The molecule has 13 rings (SSSR count). The van der Waals surface area contributed by atoms with Gasteiger partial charge in [-0.25, -0.2) is 0 Å². The van der Waals surface area contributed by atoms with E-state index in [4.69, 9.17) is 0 Å². The summed E-state index contributed by atoms with van der Waals surface area (Å²) in [5.74, 6) is 0. The molecule has 0 atom stereocenters. The Kier molecular flexibility index (Phi) is 14.4. The topological polar surface area (TPSA) is 224 Å². The quantitative estimate of drug-likeness (QED) is 0.132. The van der Waals surface area contributed by atoms with Crippen LogP contribution in [0.4, 0.5) is 26.3 Å². The maximum atomic E-state index is 15.4. The average molecular weight is 1230 g/mol. The zero-order chi connectivity index (χ0) is 65.9. The largest absolute Gasteiger partial charge is 0.417 e. The smallest absolute Gasteiger partial charge is 0.309 e. The maximum absolute atomic E-state index is 15.4. The van der Waals surface area contributed by atoms with E-state index in [1.54, 1.807) is 108 Å². The Morgan fingerprint density at radius 2 is 0.532 bits per heavy atom. The molecule has 0 radical (unpaired) electrons. The fourth-order valence-electron chi connectivity index (χ4n) is 12.5. The molecule has 13 aromatic rings. The van der Waals surface area contributed by atoms with Crippen LogP contribution in [0.5, 0.6) is 0 Å². The van der Waals surface area contributed by atoms with Gasteiger partial charge in [-0.05, 0) is 190 Å².